The molecule has 0 aliphatic rings. The molecule has 12 heavy (non-hydrogen) atoms. The van der Waals surface area contributed by atoms with Crippen molar-refractivity contribution in [3.05, 3.63) is 30.0 Å². The zero-order chi connectivity index (χ0) is 8.39. The second-order valence-electron chi connectivity index (χ2n) is 2.95. The van der Waals surface area contributed by atoms with Gasteiger partial charge in [0.1, 0.15) is 0 Å². The van der Waals surface area contributed by atoms with E-state index in [4.69, 9.17) is 4.52 Å². The molecule has 0 unspecified atom stereocenters. The lowest BCUT2D eigenvalue weighted by Gasteiger charge is -1.95. The minimum Gasteiger partial charge on any atom is -0.356 e. The van der Waals surface area contributed by atoms with Gasteiger partial charge in [-0.1, -0.05) is 24.6 Å². The van der Waals surface area contributed by atoms with Crippen LogP contribution in [0.4, 0.5) is 0 Å². The highest BCUT2D eigenvalue weighted by molar-refractivity contribution is 5.76. The van der Waals surface area contributed by atoms with E-state index in [-0.39, 0.29) is 0 Å². The number of hydrogen-bond acceptors (Lipinski definition) is 2. The highest BCUT2D eigenvalue weighted by atomic mass is 16.5. The molecule has 2 rings (SSSR count). The molecule has 0 amide bonds. The van der Waals surface area contributed by atoms with Crippen molar-refractivity contribution in [3.8, 4) is 0 Å². The first-order valence-corrected chi connectivity index (χ1v) is 4.23. The number of rotatable bonds is 2. The minimum atomic E-state index is 0.870. The van der Waals surface area contributed by atoms with Crippen molar-refractivity contribution in [2.75, 3.05) is 0 Å². The number of aryl methyl sites for hydroxylation is 1. The monoisotopic (exact) mass is 161 g/mol. The summed E-state index contributed by atoms with van der Waals surface area (Å²) in [7, 11) is 0. The quantitative estimate of drug-likeness (QED) is 0.676. The third-order valence-corrected chi connectivity index (χ3v) is 1.96. The molecule has 0 aliphatic carbocycles. The van der Waals surface area contributed by atoms with Gasteiger partial charge in [-0.3, -0.25) is 0 Å². The predicted octanol–water partition coefficient (Wildman–Crippen LogP) is 2.78. The van der Waals surface area contributed by atoms with Crippen LogP contribution in [0.2, 0.25) is 0 Å². The van der Waals surface area contributed by atoms with Gasteiger partial charge in [0.05, 0.1) is 6.20 Å². The van der Waals surface area contributed by atoms with Crippen molar-refractivity contribution in [3.63, 3.8) is 0 Å². The largest absolute Gasteiger partial charge is 0.356 e. The van der Waals surface area contributed by atoms with Crippen LogP contribution in [-0.4, -0.2) is 5.16 Å². The third-order valence-electron chi connectivity index (χ3n) is 1.96. The summed E-state index contributed by atoms with van der Waals surface area (Å²) >= 11 is 0. The molecule has 0 aliphatic heterocycles. The SMILES string of the molecule is CCCc1ccc2oncc2c1. The van der Waals surface area contributed by atoms with Crippen LogP contribution < -0.4 is 0 Å². The van der Waals surface area contributed by atoms with Gasteiger partial charge in [-0.05, 0) is 24.1 Å². The maximum atomic E-state index is 5.00. The molecular weight excluding hydrogens is 150 g/mol. The number of hydrogen-bond donors (Lipinski definition) is 0. The van der Waals surface area contributed by atoms with Gasteiger partial charge in [0, 0.05) is 5.39 Å². The van der Waals surface area contributed by atoms with Gasteiger partial charge in [0.2, 0.25) is 0 Å². The Kier molecular flexibility index (Phi) is 1.82. The van der Waals surface area contributed by atoms with Gasteiger partial charge in [-0.2, -0.15) is 0 Å². The van der Waals surface area contributed by atoms with Crippen LogP contribution in [0.5, 0.6) is 0 Å². The van der Waals surface area contributed by atoms with E-state index in [9.17, 15) is 0 Å². The van der Waals surface area contributed by atoms with Gasteiger partial charge in [-0.25, -0.2) is 0 Å². The Morgan fingerprint density at radius 1 is 1.42 bits per heavy atom. The first-order valence-electron chi connectivity index (χ1n) is 4.23. The second kappa shape index (κ2) is 2.97. The molecular formula is C10H11NO. The van der Waals surface area contributed by atoms with Gasteiger partial charge < -0.3 is 4.52 Å². The minimum absolute atomic E-state index is 0.870. The first-order chi connectivity index (χ1) is 5.90. The van der Waals surface area contributed by atoms with E-state index in [2.05, 4.69) is 24.2 Å². The van der Waals surface area contributed by atoms with E-state index in [1.165, 1.54) is 12.0 Å². The van der Waals surface area contributed by atoms with E-state index in [0.29, 0.717) is 0 Å². The molecule has 0 N–H and O–H groups in total. The zero-order valence-corrected chi connectivity index (χ0v) is 7.08. The highest BCUT2D eigenvalue weighted by Gasteiger charge is 1.98. The molecule has 0 saturated heterocycles. The summed E-state index contributed by atoms with van der Waals surface area (Å²) in [4.78, 5) is 0. The molecule has 1 aromatic heterocycles. The number of fused-ring (bicyclic) bond motifs is 1. The molecule has 62 valence electrons. The smallest absolute Gasteiger partial charge is 0.166 e. The van der Waals surface area contributed by atoms with Gasteiger partial charge in [0.25, 0.3) is 0 Å². The maximum absolute atomic E-state index is 5.00. The Balaban J connectivity index is 2.46. The van der Waals surface area contributed by atoms with Crippen molar-refractivity contribution < 1.29 is 4.52 Å². The number of nitrogens with zero attached hydrogens (tertiary/aromatic N) is 1. The number of benzene rings is 1. The van der Waals surface area contributed by atoms with Crippen LogP contribution in [0.1, 0.15) is 18.9 Å². The van der Waals surface area contributed by atoms with E-state index in [1.807, 2.05) is 6.07 Å². The Hall–Kier alpha value is -1.31. The molecule has 1 aromatic carbocycles. The third kappa shape index (κ3) is 1.20. The van der Waals surface area contributed by atoms with Crippen molar-refractivity contribution in [1.29, 1.82) is 0 Å². The van der Waals surface area contributed by atoms with E-state index < -0.39 is 0 Å². The summed E-state index contributed by atoms with van der Waals surface area (Å²) in [5, 5.41) is 4.83. The van der Waals surface area contributed by atoms with Crippen LogP contribution >= 0.6 is 0 Å². The molecule has 1 heterocycles. The molecule has 2 aromatic rings. The van der Waals surface area contributed by atoms with Gasteiger partial charge >= 0.3 is 0 Å². The lowest BCUT2D eigenvalue weighted by molar-refractivity contribution is 0.456. The van der Waals surface area contributed by atoms with Crippen LogP contribution in [0.15, 0.2) is 28.9 Å². The number of aromatic nitrogens is 1. The summed E-state index contributed by atoms with van der Waals surface area (Å²) in [6.07, 6.45) is 4.06. The summed E-state index contributed by atoms with van der Waals surface area (Å²) < 4.78 is 5.00. The fourth-order valence-electron chi connectivity index (χ4n) is 1.37. The van der Waals surface area contributed by atoms with Crippen LogP contribution in [0, 0.1) is 0 Å². The summed E-state index contributed by atoms with van der Waals surface area (Å²) in [5.74, 6) is 0. The van der Waals surface area contributed by atoms with Crippen molar-refractivity contribution in [1.82, 2.24) is 5.16 Å². The fraction of sp³-hybridized carbons (Fsp3) is 0.300. The van der Waals surface area contributed by atoms with Crippen molar-refractivity contribution >= 4 is 11.0 Å². The molecule has 0 atom stereocenters. The molecule has 0 spiro atoms. The normalized spacial score (nSPS) is 10.8. The molecule has 2 nitrogen and oxygen atoms in total. The average molecular weight is 161 g/mol. The predicted molar refractivity (Wildman–Crippen MR) is 48.0 cm³/mol. The maximum Gasteiger partial charge on any atom is 0.166 e. The van der Waals surface area contributed by atoms with E-state index in [0.717, 1.165) is 17.4 Å². The Labute approximate surface area is 71.2 Å². The molecule has 0 saturated carbocycles. The Bertz CT molecular complexity index is 378. The second-order valence-corrected chi connectivity index (χ2v) is 2.95. The summed E-state index contributed by atoms with van der Waals surface area (Å²) in [5.41, 5.74) is 2.23. The Morgan fingerprint density at radius 2 is 2.33 bits per heavy atom. The van der Waals surface area contributed by atoms with E-state index >= 15 is 0 Å². The molecule has 0 fully saturated rings. The van der Waals surface area contributed by atoms with E-state index in [1.54, 1.807) is 6.20 Å². The van der Waals surface area contributed by atoms with Crippen LogP contribution in [-0.2, 0) is 6.42 Å². The lowest BCUT2D eigenvalue weighted by Crippen LogP contribution is -1.80. The van der Waals surface area contributed by atoms with Gasteiger partial charge in [0.15, 0.2) is 5.58 Å². The van der Waals surface area contributed by atoms with Crippen molar-refractivity contribution in [2.24, 2.45) is 0 Å². The highest BCUT2D eigenvalue weighted by Crippen LogP contribution is 2.15. The summed E-state index contributed by atoms with van der Waals surface area (Å²) in [6, 6.07) is 6.21. The molecule has 2 heteroatoms. The summed E-state index contributed by atoms with van der Waals surface area (Å²) in [6.45, 7) is 2.18. The van der Waals surface area contributed by atoms with Crippen LogP contribution in [0.3, 0.4) is 0 Å². The van der Waals surface area contributed by atoms with Crippen molar-refractivity contribution in [2.45, 2.75) is 19.8 Å². The lowest BCUT2D eigenvalue weighted by atomic mass is 10.1. The first kappa shape index (κ1) is 7.35. The topological polar surface area (TPSA) is 26.0 Å². The fourth-order valence-corrected chi connectivity index (χ4v) is 1.37. The Morgan fingerprint density at radius 3 is 3.17 bits per heavy atom. The average Bonchev–Trinajstić information content (AvgIpc) is 2.51. The van der Waals surface area contributed by atoms with Gasteiger partial charge in [-0.15, -0.1) is 0 Å². The molecule has 0 bridgehead atoms. The standard InChI is InChI=1S/C10H11NO/c1-2-3-8-4-5-10-9(6-8)7-11-12-10/h4-7H,2-3H2,1H3. The van der Waals surface area contributed by atoms with Crippen LogP contribution in [0.25, 0.3) is 11.0 Å². The zero-order valence-electron chi connectivity index (χ0n) is 7.08. The molecule has 0 radical (unpaired) electrons.